The topological polar surface area (TPSA) is 99.8 Å². The van der Waals surface area contributed by atoms with Gasteiger partial charge in [0.15, 0.2) is 5.82 Å². The van der Waals surface area contributed by atoms with E-state index in [0.29, 0.717) is 47.6 Å². The average Bonchev–Trinajstić information content (AvgIpc) is 3.11. The van der Waals surface area contributed by atoms with Crippen molar-refractivity contribution < 1.29 is 4.74 Å². The molecule has 0 saturated carbocycles. The molecular weight excluding hydrogens is 380 g/mol. The van der Waals surface area contributed by atoms with Crippen molar-refractivity contribution in [2.24, 2.45) is 0 Å². The molecule has 4 aromatic heterocycles. The smallest absolute Gasteiger partial charge is 0.259 e. The number of aromatic amines is 2. The monoisotopic (exact) mass is 396 g/mol. The standard InChI is InChI=1S/C19H17ClN6O2/c1-10-9-28-5-4-26(10)18-16-14(7-15(20)24-18)22-17(25-16)12-6-11-8-21-3-2-13(11)23-19(12)27/h2-3,6-8,10H,4-5,9H2,1H3,(H,22,25)(H,23,27)/t10-/m1/s1. The van der Waals surface area contributed by atoms with E-state index >= 15 is 0 Å². The van der Waals surface area contributed by atoms with Gasteiger partial charge in [0, 0.05) is 30.4 Å². The first-order chi connectivity index (χ1) is 13.6. The maximum Gasteiger partial charge on any atom is 0.259 e. The Balaban J connectivity index is 1.69. The molecule has 8 nitrogen and oxygen atoms in total. The molecule has 0 bridgehead atoms. The Bertz CT molecular complexity index is 1250. The van der Waals surface area contributed by atoms with Gasteiger partial charge < -0.3 is 19.6 Å². The number of pyridine rings is 3. The number of morpholine rings is 1. The first-order valence-electron chi connectivity index (χ1n) is 8.98. The Labute approximate surface area is 164 Å². The Morgan fingerprint density at radius 1 is 1.25 bits per heavy atom. The number of nitrogens with one attached hydrogen (secondary N) is 2. The fourth-order valence-electron chi connectivity index (χ4n) is 3.56. The van der Waals surface area contributed by atoms with Crippen molar-refractivity contribution in [3.05, 3.63) is 46.1 Å². The zero-order chi connectivity index (χ0) is 19.3. The van der Waals surface area contributed by atoms with Gasteiger partial charge in [0.1, 0.15) is 16.5 Å². The highest BCUT2D eigenvalue weighted by atomic mass is 35.5. The summed E-state index contributed by atoms with van der Waals surface area (Å²) in [4.78, 5) is 34.2. The van der Waals surface area contributed by atoms with Crippen LogP contribution in [-0.4, -0.2) is 50.7 Å². The summed E-state index contributed by atoms with van der Waals surface area (Å²) >= 11 is 6.26. The molecule has 9 heteroatoms. The third kappa shape index (κ3) is 2.81. The summed E-state index contributed by atoms with van der Waals surface area (Å²) in [5, 5.41) is 1.20. The number of nitrogens with zero attached hydrogens (tertiary/aromatic N) is 4. The number of hydrogen-bond donors (Lipinski definition) is 2. The van der Waals surface area contributed by atoms with Gasteiger partial charge in [-0.15, -0.1) is 0 Å². The van der Waals surface area contributed by atoms with Crippen molar-refractivity contribution in [3.63, 3.8) is 0 Å². The molecule has 0 aliphatic carbocycles. The van der Waals surface area contributed by atoms with Crippen LogP contribution in [0.25, 0.3) is 33.3 Å². The fraction of sp³-hybridized carbons (Fsp3) is 0.263. The minimum Gasteiger partial charge on any atom is -0.377 e. The van der Waals surface area contributed by atoms with Gasteiger partial charge >= 0.3 is 0 Å². The predicted molar refractivity (Wildman–Crippen MR) is 108 cm³/mol. The largest absolute Gasteiger partial charge is 0.377 e. The number of H-pyrrole nitrogens is 2. The van der Waals surface area contributed by atoms with E-state index in [1.165, 1.54) is 0 Å². The van der Waals surface area contributed by atoms with Crippen molar-refractivity contribution in [2.75, 3.05) is 24.7 Å². The van der Waals surface area contributed by atoms with Gasteiger partial charge in [-0.1, -0.05) is 11.6 Å². The Morgan fingerprint density at radius 2 is 2.14 bits per heavy atom. The minimum atomic E-state index is -0.224. The second-order valence-electron chi connectivity index (χ2n) is 6.84. The lowest BCUT2D eigenvalue weighted by molar-refractivity contribution is 0.0987. The van der Waals surface area contributed by atoms with E-state index in [4.69, 9.17) is 21.3 Å². The van der Waals surface area contributed by atoms with Crippen molar-refractivity contribution in [1.82, 2.24) is 24.9 Å². The molecule has 1 fully saturated rings. The van der Waals surface area contributed by atoms with Crippen LogP contribution in [0.15, 0.2) is 35.4 Å². The maximum atomic E-state index is 12.6. The maximum absolute atomic E-state index is 12.6. The highest BCUT2D eigenvalue weighted by Gasteiger charge is 2.24. The van der Waals surface area contributed by atoms with Gasteiger partial charge in [0.25, 0.3) is 5.56 Å². The van der Waals surface area contributed by atoms with E-state index in [1.54, 1.807) is 30.6 Å². The first kappa shape index (κ1) is 17.2. The minimum absolute atomic E-state index is 0.151. The van der Waals surface area contributed by atoms with Crippen LogP contribution in [0, 0.1) is 0 Å². The van der Waals surface area contributed by atoms with Gasteiger partial charge in [-0.2, -0.15) is 0 Å². The lowest BCUT2D eigenvalue weighted by Crippen LogP contribution is -2.44. The Morgan fingerprint density at radius 3 is 3.00 bits per heavy atom. The number of rotatable bonds is 2. The van der Waals surface area contributed by atoms with E-state index in [0.717, 1.165) is 16.4 Å². The number of ether oxygens (including phenoxy) is 1. The van der Waals surface area contributed by atoms with Crippen molar-refractivity contribution >= 4 is 39.4 Å². The Kier molecular flexibility index (Phi) is 4.03. The van der Waals surface area contributed by atoms with Crippen LogP contribution in [0.2, 0.25) is 5.15 Å². The Hall–Kier alpha value is -2.97. The molecular formula is C19H17ClN6O2. The van der Waals surface area contributed by atoms with Crippen molar-refractivity contribution in [2.45, 2.75) is 13.0 Å². The van der Waals surface area contributed by atoms with Crippen LogP contribution >= 0.6 is 11.6 Å². The zero-order valence-corrected chi connectivity index (χ0v) is 15.8. The molecule has 1 aliphatic rings. The third-order valence-corrected chi connectivity index (χ3v) is 5.15. The molecule has 2 N–H and O–H groups in total. The summed E-state index contributed by atoms with van der Waals surface area (Å²) in [5.74, 6) is 1.16. The molecule has 1 aliphatic heterocycles. The van der Waals surface area contributed by atoms with Gasteiger partial charge in [-0.3, -0.25) is 9.78 Å². The second-order valence-corrected chi connectivity index (χ2v) is 7.23. The van der Waals surface area contributed by atoms with Crippen molar-refractivity contribution in [3.8, 4) is 11.4 Å². The van der Waals surface area contributed by atoms with E-state index < -0.39 is 0 Å². The molecule has 142 valence electrons. The van der Waals surface area contributed by atoms with E-state index in [-0.39, 0.29) is 11.6 Å². The molecule has 1 atom stereocenters. The summed E-state index contributed by atoms with van der Waals surface area (Å²) in [6.45, 7) is 4.01. The second kappa shape index (κ2) is 6.57. The van der Waals surface area contributed by atoms with Crippen LogP contribution in [0.3, 0.4) is 0 Å². The number of fused-ring (bicyclic) bond motifs is 2. The summed E-state index contributed by atoms with van der Waals surface area (Å²) < 4.78 is 5.52. The lowest BCUT2D eigenvalue weighted by atomic mass is 10.2. The normalized spacial score (nSPS) is 17.5. The van der Waals surface area contributed by atoms with Gasteiger partial charge in [0.05, 0.1) is 35.9 Å². The SMILES string of the molecule is C[C@@H]1COCCN1c1nc(Cl)cc2[nH]c(-c3cc4cnccc4[nH]c3=O)nc12. The molecule has 0 unspecified atom stereocenters. The highest BCUT2D eigenvalue weighted by molar-refractivity contribution is 6.30. The molecule has 5 heterocycles. The number of imidazole rings is 1. The van der Waals surface area contributed by atoms with Crippen LogP contribution in [0.4, 0.5) is 5.82 Å². The quantitative estimate of drug-likeness (QED) is 0.505. The van der Waals surface area contributed by atoms with Crippen LogP contribution in [-0.2, 0) is 4.74 Å². The molecule has 1 saturated heterocycles. The van der Waals surface area contributed by atoms with Crippen LogP contribution in [0.5, 0.6) is 0 Å². The molecule has 0 spiro atoms. The molecule has 0 aromatic carbocycles. The number of anilines is 1. The first-order valence-corrected chi connectivity index (χ1v) is 9.36. The average molecular weight is 397 g/mol. The number of aromatic nitrogens is 5. The van der Waals surface area contributed by atoms with E-state index in [1.807, 2.05) is 0 Å². The van der Waals surface area contributed by atoms with Crippen LogP contribution in [0.1, 0.15) is 6.92 Å². The van der Waals surface area contributed by atoms with Crippen molar-refractivity contribution in [1.29, 1.82) is 0 Å². The fourth-order valence-corrected chi connectivity index (χ4v) is 3.75. The van der Waals surface area contributed by atoms with E-state index in [2.05, 4.69) is 31.8 Å². The molecule has 5 rings (SSSR count). The summed E-state index contributed by atoms with van der Waals surface area (Å²) in [5.41, 5.74) is 2.35. The number of halogens is 1. The van der Waals surface area contributed by atoms with Gasteiger partial charge in [-0.25, -0.2) is 9.97 Å². The molecule has 0 amide bonds. The zero-order valence-electron chi connectivity index (χ0n) is 15.1. The summed E-state index contributed by atoms with van der Waals surface area (Å²) in [6, 6.07) is 5.42. The van der Waals surface area contributed by atoms with Gasteiger partial charge in [0.2, 0.25) is 0 Å². The summed E-state index contributed by atoms with van der Waals surface area (Å²) in [7, 11) is 0. The molecule has 28 heavy (non-hydrogen) atoms. The molecule has 0 radical (unpaired) electrons. The van der Waals surface area contributed by atoms with Gasteiger partial charge in [-0.05, 0) is 19.1 Å². The third-order valence-electron chi connectivity index (χ3n) is 4.96. The molecule has 4 aromatic rings. The lowest BCUT2D eigenvalue weighted by Gasteiger charge is -2.34. The predicted octanol–water partition coefficient (Wildman–Crippen LogP) is 2.74. The highest BCUT2D eigenvalue weighted by Crippen LogP contribution is 2.30. The van der Waals surface area contributed by atoms with E-state index in [9.17, 15) is 4.79 Å². The summed E-state index contributed by atoms with van der Waals surface area (Å²) in [6.07, 6.45) is 3.35. The van der Waals surface area contributed by atoms with Crippen LogP contribution < -0.4 is 10.5 Å². The number of hydrogen-bond acceptors (Lipinski definition) is 6.